The lowest BCUT2D eigenvalue weighted by molar-refractivity contribution is -0.00606. The second-order valence-corrected chi connectivity index (χ2v) is 8.39. The Balaban J connectivity index is 1.16. The fourth-order valence-electron chi connectivity index (χ4n) is 4.09. The van der Waals surface area contributed by atoms with Gasteiger partial charge in [-0.1, -0.05) is 18.2 Å². The van der Waals surface area contributed by atoms with Gasteiger partial charge in [-0.2, -0.15) is 5.10 Å². The van der Waals surface area contributed by atoms with E-state index in [-0.39, 0.29) is 5.83 Å². The molecule has 0 spiro atoms. The molecule has 2 aliphatic rings. The van der Waals surface area contributed by atoms with E-state index in [1.807, 2.05) is 47.5 Å². The van der Waals surface area contributed by atoms with Crippen molar-refractivity contribution >= 4 is 23.5 Å². The first-order valence-corrected chi connectivity index (χ1v) is 11.7. The Labute approximate surface area is 209 Å². The normalized spacial score (nSPS) is 18.6. The van der Waals surface area contributed by atoms with Crippen molar-refractivity contribution in [2.75, 3.05) is 38.7 Å². The third kappa shape index (κ3) is 5.56. The van der Waals surface area contributed by atoms with Crippen LogP contribution in [0.15, 0.2) is 89.2 Å². The zero-order valence-electron chi connectivity index (χ0n) is 19.9. The Kier molecular flexibility index (Phi) is 7.25. The van der Waals surface area contributed by atoms with Gasteiger partial charge in [-0.3, -0.25) is 14.9 Å². The van der Waals surface area contributed by atoms with E-state index in [0.29, 0.717) is 38.0 Å². The maximum absolute atomic E-state index is 14.5. The number of hydrogen-bond acceptors (Lipinski definition) is 9. The van der Waals surface area contributed by atoms with Gasteiger partial charge in [0.15, 0.2) is 5.83 Å². The summed E-state index contributed by atoms with van der Waals surface area (Å²) in [6, 6.07) is 15.9. The number of benzene rings is 1. The van der Waals surface area contributed by atoms with Crippen LogP contribution in [-0.4, -0.2) is 71.5 Å². The topological polar surface area (TPSA) is 90.3 Å². The van der Waals surface area contributed by atoms with Crippen LogP contribution in [0, 0.1) is 0 Å². The molecule has 0 amide bonds. The van der Waals surface area contributed by atoms with E-state index >= 15 is 0 Å². The zero-order chi connectivity index (χ0) is 24.7. The number of nitrogens with one attached hydrogen (secondary N) is 2. The highest BCUT2D eigenvalue weighted by Crippen LogP contribution is 2.23. The van der Waals surface area contributed by atoms with Crippen molar-refractivity contribution in [3.8, 4) is 11.1 Å². The fraction of sp³-hybridized carbons (Fsp3) is 0.231. The predicted molar refractivity (Wildman–Crippen MR) is 138 cm³/mol. The van der Waals surface area contributed by atoms with Crippen molar-refractivity contribution in [1.82, 2.24) is 25.2 Å². The number of nitrogens with zero attached hydrogens (tertiary/aromatic N) is 6. The van der Waals surface area contributed by atoms with Gasteiger partial charge in [0.2, 0.25) is 5.96 Å². The van der Waals surface area contributed by atoms with Gasteiger partial charge in [-0.25, -0.2) is 14.8 Å². The van der Waals surface area contributed by atoms with Crippen LogP contribution in [0.2, 0.25) is 0 Å². The summed E-state index contributed by atoms with van der Waals surface area (Å²) in [4.78, 5) is 16.5. The minimum atomic E-state index is -0.522. The Hall–Kier alpha value is -4.15. The van der Waals surface area contributed by atoms with Crippen LogP contribution < -0.4 is 10.7 Å². The molecule has 1 fully saturated rings. The highest BCUT2D eigenvalue weighted by molar-refractivity contribution is 5.84. The maximum Gasteiger partial charge on any atom is 0.220 e. The van der Waals surface area contributed by atoms with E-state index in [4.69, 9.17) is 4.74 Å². The molecule has 1 atom stereocenters. The van der Waals surface area contributed by atoms with Gasteiger partial charge < -0.3 is 15.0 Å². The molecule has 1 saturated heterocycles. The van der Waals surface area contributed by atoms with E-state index in [9.17, 15) is 4.39 Å². The van der Waals surface area contributed by atoms with Gasteiger partial charge in [-0.05, 0) is 41.5 Å². The summed E-state index contributed by atoms with van der Waals surface area (Å²) in [5.41, 5.74) is 7.57. The highest BCUT2D eigenvalue weighted by Gasteiger charge is 2.32. The molecule has 5 rings (SSSR count). The molecular weight excluding hydrogens is 459 g/mol. The van der Waals surface area contributed by atoms with E-state index in [0.717, 1.165) is 22.5 Å². The average Bonchev–Trinajstić information content (AvgIpc) is 2.92. The summed E-state index contributed by atoms with van der Waals surface area (Å²) in [5.74, 6) is 0.155. The molecule has 2 N–H and O–H groups in total. The molecule has 36 heavy (non-hydrogen) atoms. The number of guanidine groups is 1. The smallest absolute Gasteiger partial charge is 0.220 e. The zero-order valence-corrected chi connectivity index (χ0v) is 19.9. The Morgan fingerprint density at radius 1 is 1.03 bits per heavy atom. The summed E-state index contributed by atoms with van der Waals surface area (Å²) in [6.45, 7) is 2.49. The van der Waals surface area contributed by atoms with E-state index < -0.39 is 6.17 Å². The first kappa shape index (κ1) is 23.6. The first-order valence-electron chi connectivity index (χ1n) is 11.7. The van der Waals surface area contributed by atoms with Crippen molar-refractivity contribution < 1.29 is 9.13 Å². The summed E-state index contributed by atoms with van der Waals surface area (Å²) in [5, 5.41) is 7.59. The largest absolute Gasteiger partial charge is 0.379 e. The SMILES string of the molecule is CN1C(N/N=C/c2ccc(Nc3ccc(-c4cccnc4)cc3)cn2)=NC=C(F)C1N1CCOCC1. The van der Waals surface area contributed by atoms with E-state index in [1.54, 1.807) is 30.6 Å². The molecule has 2 aromatic heterocycles. The second kappa shape index (κ2) is 11.1. The van der Waals surface area contributed by atoms with Crippen LogP contribution in [0.4, 0.5) is 15.8 Å². The molecule has 3 aromatic rings. The van der Waals surface area contributed by atoms with Gasteiger partial charge in [-0.15, -0.1) is 0 Å². The number of aromatic nitrogens is 2. The van der Waals surface area contributed by atoms with Crippen molar-refractivity contribution in [1.29, 1.82) is 0 Å². The van der Waals surface area contributed by atoms with Crippen LogP contribution in [0.5, 0.6) is 0 Å². The molecule has 1 unspecified atom stereocenters. The number of likely N-dealkylation sites (N-methyl/N-ethyl adjacent to an activating group) is 1. The summed E-state index contributed by atoms with van der Waals surface area (Å²) in [6.07, 6.45) is 7.66. The number of halogens is 1. The lowest BCUT2D eigenvalue weighted by Crippen LogP contribution is -2.56. The third-order valence-corrected chi connectivity index (χ3v) is 5.97. The lowest BCUT2D eigenvalue weighted by atomic mass is 10.1. The number of rotatable bonds is 6. The van der Waals surface area contributed by atoms with Gasteiger partial charge >= 0.3 is 0 Å². The number of morpholine rings is 1. The van der Waals surface area contributed by atoms with Gasteiger partial charge in [0, 0.05) is 38.2 Å². The van der Waals surface area contributed by atoms with Gasteiger partial charge in [0.1, 0.15) is 6.17 Å². The molecule has 184 valence electrons. The minimum absolute atomic E-state index is 0.301. The fourth-order valence-corrected chi connectivity index (χ4v) is 4.09. The van der Waals surface area contributed by atoms with Crippen LogP contribution in [0.3, 0.4) is 0 Å². The first-order chi connectivity index (χ1) is 17.7. The van der Waals surface area contributed by atoms with Crippen molar-refractivity contribution in [3.05, 3.63) is 84.8 Å². The maximum atomic E-state index is 14.5. The van der Waals surface area contributed by atoms with Gasteiger partial charge in [0.25, 0.3) is 0 Å². The van der Waals surface area contributed by atoms with E-state index in [2.05, 4.69) is 42.9 Å². The molecule has 1 aromatic carbocycles. The average molecular weight is 487 g/mol. The van der Waals surface area contributed by atoms with Crippen molar-refractivity contribution in [2.45, 2.75) is 6.17 Å². The summed E-state index contributed by atoms with van der Waals surface area (Å²) in [7, 11) is 1.79. The molecular formula is C26H27FN8O. The quantitative estimate of drug-likeness (QED) is 0.407. The minimum Gasteiger partial charge on any atom is -0.379 e. The van der Waals surface area contributed by atoms with E-state index in [1.165, 1.54) is 6.20 Å². The highest BCUT2D eigenvalue weighted by atomic mass is 19.1. The second-order valence-electron chi connectivity index (χ2n) is 8.39. The predicted octanol–water partition coefficient (Wildman–Crippen LogP) is 3.58. The molecule has 0 aliphatic carbocycles. The monoisotopic (exact) mass is 486 g/mol. The Bertz CT molecular complexity index is 1240. The molecule has 9 nitrogen and oxygen atoms in total. The molecule has 0 bridgehead atoms. The number of pyridine rings is 2. The summed E-state index contributed by atoms with van der Waals surface area (Å²) >= 11 is 0. The molecule has 10 heteroatoms. The third-order valence-electron chi connectivity index (χ3n) is 5.97. The van der Waals surface area contributed by atoms with Gasteiger partial charge in [0.05, 0.1) is 43.2 Å². The number of anilines is 2. The number of hydrogen-bond donors (Lipinski definition) is 2. The number of ether oxygens (including phenoxy) is 1. The lowest BCUT2D eigenvalue weighted by Gasteiger charge is -2.40. The van der Waals surface area contributed by atoms with Crippen LogP contribution in [0.1, 0.15) is 5.69 Å². The number of aliphatic imine (C=N–C) groups is 1. The molecule has 0 saturated carbocycles. The van der Waals surface area contributed by atoms with Crippen LogP contribution in [-0.2, 0) is 4.74 Å². The molecule has 0 radical (unpaired) electrons. The van der Waals surface area contributed by atoms with Crippen LogP contribution >= 0.6 is 0 Å². The van der Waals surface area contributed by atoms with Crippen LogP contribution in [0.25, 0.3) is 11.1 Å². The molecule has 4 heterocycles. The Morgan fingerprint density at radius 3 is 2.56 bits per heavy atom. The van der Waals surface area contributed by atoms with Crippen molar-refractivity contribution in [3.63, 3.8) is 0 Å². The number of hydrazone groups is 1. The standard InChI is InChI=1S/C26H27FN8O/c1-34-25(35-11-13-36-14-12-35)24(27)18-30-26(34)33-31-17-22-8-9-23(16-29-22)32-21-6-4-19(5-7-21)20-3-2-10-28-15-20/h2-10,15-18,25,32H,11-14H2,1H3,(H,30,33)/b31-17+. The Morgan fingerprint density at radius 2 is 1.83 bits per heavy atom. The van der Waals surface area contributed by atoms with Crippen molar-refractivity contribution in [2.24, 2.45) is 10.1 Å². The molecule has 2 aliphatic heterocycles. The summed E-state index contributed by atoms with van der Waals surface area (Å²) < 4.78 is 19.9.